The fourth-order valence-corrected chi connectivity index (χ4v) is 5.62. The van der Waals surface area contributed by atoms with Gasteiger partial charge in [0.05, 0.1) is 12.2 Å². The van der Waals surface area contributed by atoms with Gasteiger partial charge in [-0.15, -0.1) is 22.7 Å². The van der Waals surface area contributed by atoms with Gasteiger partial charge in [0.2, 0.25) is 0 Å². The van der Waals surface area contributed by atoms with Crippen molar-refractivity contribution in [2.75, 3.05) is 6.61 Å². The summed E-state index contributed by atoms with van der Waals surface area (Å²) in [6, 6.07) is 4.13. The Labute approximate surface area is 163 Å². The summed E-state index contributed by atoms with van der Waals surface area (Å²) in [6.45, 7) is 12.9. The molecule has 0 radical (unpaired) electrons. The average molecular weight is 391 g/mol. The van der Waals surface area contributed by atoms with E-state index in [0.717, 1.165) is 21.9 Å². The first kappa shape index (κ1) is 19.3. The van der Waals surface area contributed by atoms with Crippen LogP contribution in [0.15, 0.2) is 17.1 Å². The number of aryl methyl sites for hydroxylation is 1. The Hall–Kier alpha value is -1.50. The maximum absolute atomic E-state index is 12.7. The molecule has 6 heteroatoms. The molecule has 0 amide bonds. The van der Waals surface area contributed by atoms with Crippen LogP contribution in [0.25, 0.3) is 0 Å². The SMILES string of the molecule is CCOC(=O)c1c(N=Cc2ccc(C)s2)sc2c1CC(C)(C)NC2(C)C. The number of nitrogens with one attached hydrogen (secondary N) is 1. The molecule has 0 saturated carbocycles. The molecular formula is C20H26N2O2S2. The third-order valence-electron chi connectivity index (χ3n) is 4.38. The van der Waals surface area contributed by atoms with Gasteiger partial charge in [-0.25, -0.2) is 9.79 Å². The van der Waals surface area contributed by atoms with Crippen molar-refractivity contribution in [3.63, 3.8) is 0 Å². The second-order valence-electron chi connectivity index (χ2n) is 7.83. The molecule has 140 valence electrons. The number of nitrogens with zero attached hydrogens (tertiary/aromatic N) is 1. The lowest BCUT2D eigenvalue weighted by molar-refractivity contribution is 0.0525. The molecule has 0 atom stereocenters. The summed E-state index contributed by atoms with van der Waals surface area (Å²) in [5.41, 5.74) is 1.41. The highest BCUT2D eigenvalue weighted by Gasteiger charge is 2.41. The van der Waals surface area contributed by atoms with Crippen LogP contribution in [0.5, 0.6) is 0 Å². The van der Waals surface area contributed by atoms with Crippen molar-refractivity contribution in [1.29, 1.82) is 0 Å². The lowest BCUT2D eigenvalue weighted by atomic mass is 9.81. The van der Waals surface area contributed by atoms with E-state index >= 15 is 0 Å². The Bertz CT molecular complexity index is 859. The number of rotatable bonds is 4. The van der Waals surface area contributed by atoms with E-state index in [1.54, 1.807) is 22.7 Å². The molecule has 0 spiro atoms. The summed E-state index contributed by atoms with van der Waals surface area (Å²) in [6.07, 6.45) is 2.63. The van der Waals surface area contributed by atoms with Crippen LogP contribution in [0.3, 0.4) is 0 Å². The van der Waals surface area contributed by atoms with Gasteiger partial charge < -0.3 is 10.1 Å². The molecule has 2 aromatic heterocycles. The number of hydrogen-bond donors (Lipinski definition) is 1. The van der Waals surface area contributed by atoms with E-state index in [9.17, 15) is 4.79 Å². The van der Waals surface area contributed by atoms with Gasteiger partial charge in [0.15, 0.2) is 0 Å². The number of hydrogen-bond acceptors (Lipinski definition) is 6. The molecule has 0 bridgehead atoms. The highest BCUT2D eigenvalue weighted by molar-refractivity contribution is 7.16. The second kappa shape index (κ2) is 6.91. The predicted molar refractivity (Wildman–Crippen MR) is 111 cm³/mol. The fourth-order valence-electron chi connectivity index (χ4n) is 3.66. The van der Waals surface area contributed by atoms with Gasteiger partial charge >= 0.3 is 5.97 Å². The molecule has 0 aromatic carbocycles. The minimum atomic E-state index is -0.270. The third-order valence-corrected chi connectivity index (χ3v) is 6.77. The standard InChI is InChI=1S/C20H26N2O2S2/c1-7-24-18(23)15-14-10-19(3,4)22-20(5,6)16(14)26-17(15)21-11-13-9-8-12(2)25-13/h8-9,11,22H,7,10H2,1-6H3. The topological polar surface area (TPSA) is 50.7 Å². The summed E-state index contributed by atoms with van der Waals surface area (Å²) in [7, 11) is 0. The number of carbonyl (C=O) groups excluding carboxylic acids is 1. The van der Waals surface area contributed by atoms with Crippen molar-refractivity contribution < 1.29 is 9.53 Å². The second-order valence-corrected chi connectivity index (χ2v) is 10.1. The van der Waals surface area contributed by atoms with Crippen LogP contribution in [0.1, 0.15) is 65.2 Å². The summed E-state index contributed by atoms with van der Waals surface area (Å²) < 4.78 is 5.36. The van der Waals surface area contributed by atoms with Gasteiger partial charge in [0.25, 0.3) is 0 Å². The number of thiophene rings is 2. The first-order valence-electron chi connectivity index (χ1n) is 8.86. The number of aliphatic imine (C=N–C) groups is 1. The Kier molecular flexibility index (Phi) is 5.12. The molecular weight excluding hydrogens is 364 g/mol. The smallest absolute Gasteiger partial charge is 0.341 e. The summed E-state index contributed by atoms with van der Waals surface area (Å²) in [5, 5.41) is 4.43. The molecule has 26 heavy (non-hydrogen) atoms. The molecule has 3 rings (SSSR count). The Morgan fingerprint density at radius 3 is 2.65 bits per heavy atom. The zero-order chi connectivity index (χ0) is 19.1. The number of carbonyl (C=O) groups is 1. The van der Waals surface area contributed by atoms with Crippen LogP contribution >= 0.6 is 22.7 Å². The number of esters is 1. The van der Waals surface area contributed by atoms with Crippen LogP contribution in [0.2, 0.25) is 0 Å². The predicted octanol–water partition coefficient (Wildman–Crippen LogP) is 5.20. The third kappa shape index (κ3) is 3.77. The monoisotopic (exact) mass is 390 g/mol. The minimum Gasteiger partial charge on any atom is -0.462 e. The molecule has 1 aliphatic rings. The molecule has 1 aliphatic heterocycles. The summed E-state index contributed by atoms with van der Waals surface area (Å²) >= 11 is 3.29. The van der Waals surface area contributed by atoms with E-state index in [-0.39, 0.29) is 17.0 Å². The first-order chi connectivity index (χ1) is 12.1. The molecule has 0 unspecified atom stereocenters. The maximum atomic E-state index is 12.7. The normalized spacial score (nSPS) is 18.1. The van der Waals surface area contributed by atoms with E-state index in [0.29, 0.717) is 12.2 Å². The highest BCUT2D eigenvalue weighted by atomic mass is 32.1. The van der Waals surface area contributed by atoms with E-state index < -0.39 is 0 Å². The van der Waals surface area contributed by atoms with Crippen molar-refractivity contribution in [3.05, 3.63) is 37.9 Å². The minimum absolute atomic E-state index is 0.0926. The van der Waals surface area contributed by atoms with Gasteiger partial charge in [-0.3, -0.25) is 0 Å². The highest BCUT2D eigenvalue weighted by Crippen LogP contribution is 2.46. The van der Waals surface area contributed by atoms with Crippen molar-refractivity contribution in [2.24, 2.45) is 4.99 Å². The lowest BCUT2D eigenvalue weighted by Crippen LogP contribution is -2.55. The molecule has 1 N–H and O–H groups in total. The molecule has 0 aliphatic carbocycles. The molecule has 2 aromatic rings. The van der Waals surface area contributed by atoms with Crippen LogP contribution < -0.4 is 5.32 Å². The van der Waals surface area contributed by atoms with Crippen LogP contribution in [0, 0.1) is 6.92 Å². The van der Waals surface area contributed by atoms with Gasteiger partial charge in [0, 0.05) is 31.9 Å². The van der Waals surface area contributed by atoms with E-state index in [1.807, 2.05) is 13.1 Å². The van der Waals surface area contributed by atoms with Gasteiger partial charge in [-0.2, -0.15) is 0 Å². The summed E-state index contributed by atoms with van der Waals surface area (Å²) in [5.74, 6) is -0.270. The Balaban J connectivity index is 2.11. The van der Waals surface area contributed by atoms with Gasteiger partial charge in [0.1, 0.15) is 5.00 Å². The molecule has 0 saturated heterocycles. The summed E-state index contributed by atoms with van der Waals surface area (Å²) in [4.78, 5) is 20.9. The fraction of sp³-hybridized carbons (Fsp3) is 0.500. The zero-order valence-electron chi connectivity index (χ0n) is 16.2. The van der Waals surface area contributed by atoms with E-state index in [4.69, 9.17) is 4.74 Å². The largest absolute Gasteiger partial charge is 0.462 e. The van der Waals surface area contributed by atoms with Crippen LogP contribution in [-0.2, 0) is 16.7 Å². The van der Waals surface area contributed by atoms with E-state index in [2.05, 4.69) is 57.1 Å². The van der Waals surface area contributed by atoms with Crippen LogP contribution in [0.4, 0.5) is 5.00 Å². The Morgan fingerprint density at radius 2 is 2.04 bits per heavy atom. The zero-order valence-corrected chi connectivity index (χ0v) is 17.9. The van der Waals surface area contributed by atoms with Gasteiger partial charge in [-0.1, -0.05) is 0 Å². The van der Waals surface area contributed by atoms with Crippen molar-refractivity contribution in [2.45, 2.75) is 59.0 Å². The molecule has 0 fully saturated rings. The average Bonchev–Trinajstić information content (AvgIpc) is 3.07. The number of ether oxygens (including phenoxy) is 1. The van der Waals surface area contributed by atoms with E-state index in [1.165, 1.54) is 9.75 Å². The molecule has 3 heterocycles. The van der Waals surface area contributed by atoms with Crippen molar-refractivity contribution in [3.8, 4) is 0 Å². The quantitative estimate of drug-likeness (QED) is 0.576. The number of fused-ring (bicyclic) bond motifs is 1. The van der Waals surface area contributed by atoms with Crippen molar-refractivity contribution in [1.82, 2.24) is 5.32 Å². The molecule has 4 nitrogen and oxygen atoms in total. The van der Waals surface area contributed by atoms with Crippen LogP contribution in [-0.4, -0.2) is 24.3 Å². The van der Waals surface area contributed by atoms with Gasteiger partial charge in [-0.05, 0) is 65.7 Å². The Morgan fingerprint density at radius 1 is 1.31 bits per heavy atom. The maximum Gasteiger partial charge on any atom is 0.341 e. The van der Waals surface area contributed by atoms with Crippen molar-refractivity contribution >= 4 is 39.9 Å². The first-order valence-corrected chi connectivity index (χ1v) is 10.5. The lowest BCUT2D eigenvalue weighted by Gasteiger charge is -2.42.